The van der Waals surface area contributed by atoms with Crippen molar-refractivity contribution in [1.29, 1.82) is 5.26 Å². The monoisotopic (exact) mass is 367 g/mol. The van der Waals surface area contributed by atoms with E-state index in [1.807, 2.05) is 6.07 Å². The number of piperidine rings is 1. The van der Waals surface area contributed by atoms with Crippen molar-refractivity contribution in [3.05, 3.63) is 35.5 Å². The first-order valence-electron chi connectivity index (χ1n) is 9.54. The average Bonchev–Trinajstić information content (AvgIpc) is 3.09. The minimum absolute atomic E-state index is 0.322. The van der Waals surface area contributed by atoms with Crippen LogP contribution in [0.5, 0.6) is 0 Å². The Labute approximate surface area is 159 Å². The molecule has 2 saturated heterocycles. The zero-order chi connectivity index (χ0) is 18.6. The number of nitrogens with zero attached hydrogens (tertiary/aromatic N) is 7. The topological polar surface area (TPSA) is 83.1 Å². The molecule has 2 aromatic rings. The van der Waals surface area contributed by atoms with Gasteiger partial charge in [0.25, 0.3) is 0 Å². The number of hydrogen-bond acceptors (Lipinski definition) is 7. The Balaban J connectivity index is 1.47. The van der Waals surface area contributed by atoms with Gasteiger partial charge >= 0.3 is 0 Å². The SMILES string of the molecule is Cn1c(CN2CCOCC2)nnc1[C@H]1CCCN(c2cc(C#N)ccn2)C1. The van der Waals surface area contributed by atoms with Crippen molar-refractivity contribution in [2.75, 3.05) is 44.3 Å². The molecule has 0 N–H and O–H groups in total. The molecule has 2 aromatic heterocycles. The summed E-state index contributed by atoms with van der Waals surface area (Å²) in [7, 11) is 2.07. The van der Waals surface area contributed by atoms with Crippen molar-refractivity contribution in [3.8, 4) is 6.07 Å². The van der Waals surface area contributed by atoms with Gasteiger partial charge in [-0.15, -0.1) is 10.2 Å². The molecule has 0 bridgehead atoms. The highest BCUT2D eigenvalue weighted by molar-refractivity contribution is 5.45. The minimum Gasteiger partial charge on any atom is -0.379 e. The van der Waals surface area contributed by atoms with Gasteiger partial charge in [-0.3, -0.25) is 4.90 Å². The average molecular weight is 367 g/mol. The summed E-state index contributed by atoms with van der Waals surface area (Å²) in [6.07, 6.45) is 3.88. The summed E-state index contributed by atoms with van der Waals surface area (Å²) in [5, 5.41) is 18.1. The standard InChI is InChI=1S/C19H25N7O/c1-24-18(14-25-7-9-27-10-8-25)22-23-19(24)16-3-2-6-26(13-16)17-11-15(12-20)4-5-21-17/h4-5,11,16H,2-3,6-10,13-14H2,1H3/t16-/m0/s1. The van der Waals surface area contributed by atoms with E-state index >= 15 is 0 Å². The lowest BCUT2D eigenvalue weighted by Crippen LogP contribution is -2.37. The lowest BCUT2D eigenvalue weighted by molar-refractivity contribution is 0.0326. The highest BCUT2D eigenvalue weighted by Crippen LogP contribution is 2.28. The Kier molecular flexibility index (Phi) is 5.32. The molecule has 1 atom stereocenters. The van der Waals surface area contributed by atoms with Gasteiger partial charge in [-0.25, -0.2) is 4.98 Å². The van der Waals surface area contributed by atoms with Gasteiger partial charge in [-0.1, -0.05) is 0 Å². The maximum atomic E-state index is 9.13. The first-order chi connectivity index (χ1) is 13.2. The van der Waals surface area contributed by atoms with Crippen LogP contribution in [0.15, 0.2) is 18.3 Å². The predicted molar refractivity (Wildman–Crippen MR) is 100 cm³/mol. The predicted octanol–water partition coefficient (Wildman–Crippen LogP) is 1.30. The molecule has 8 nitrogen and oxygen atoms in total. The van der Waals surface area contributed by atoms with Crippen LogP contribution in [0, 0.1) is 11.3 Å². The van der Waals surface area contributed by atoms with Crippen LogP contribution in [0.1, 0.15) is 36.0 Å². The van der Waals surface area contributed by atoms with Gasteiger partial charge in [0.1, 0.15) is 17.5 Å². The van der Waals surface area contributed by atoms with Gasteiger partial charge in [-0.05, 0) is 25.0 Å². The zero-order valence-electron chi connectivity index (χ0n) is 15.7. The lowest BCUT2D eigenvalue weighted by atomic mass is 9.97. The summed E-state index contributed by atoms with van der Waals surface area (Å²) >= 11 is 0. The van der Waals surface area contributed by atoms with Crippen molar-refractivity contribution in [2.24, 2.45) is 7.05 Å². The van der Waals surface area contributed by atoms with Crippen molar-refractivity contribution in [1.82, 2.24) is 24.6 Å². The van der Waals surface area contributed by atoms with E-state index in [0.29, 0.717) is 11.5 Å². The lowest BCUT2D eigenvalue weighted by Gasteiger charge is -2.33. The molecular formula is C19H25N7O. The maximum absolute atomic E-state index is 9.13. The smallest absolute Gasteiger partial charge is 0.146 e. The summed E-state index contributed by atoms with van der Waals surface area (Å²) in [5.41, 5.74) is 0.647. The molecule has 0 spiro atoms. The highest BCUT2D eigenvalue weighted by atomic mass is 16.5. The second-order valence-corrected chi connectivity index (χ2v) is 7.22. The molecule has 2 fully saturated rings. The van der Waals surface area contributed by atoms with Crippen LogP contribution in [0.3, 0.4) is 0 Å². The quantitative estimate of drug-likeness (QED) is 0.805. The van der Waals surface area contributed by atoms with Gasteiger partial charge in [0.05, 0.1) is 31.4 Å². The van der Waals surface area contributed by atoms with E-state index in [1.165, 1.54) is 0 Å². The van der Waals surface area contributed by atoms with Crippen molar-refractivity contribution < 1.29 is 4.74 Å². The number of morpholine rings is 1. The van der Waals surface area contributed by atoms with Gasteiger partial charge in [0, 0.05) is 45.3 Å². The molecule has 0 radical (unpaired) electrons. The third kappa shape index (κ3) is 3.94. The fourth-order valence-corrected chi connectivity index (χ4v) is 3.88. The van der Waals surface area contributed by atoms with E-state index in [1.54, 1.807) is 12.3 Å². The Morgan fingerprint density at radius 3 is 2.93 bits per heavy atom. The van der Waals surface area contributed by atoms with E-state index in [4.69, 9.17) is 10.00 Å². The van der Waals surface area contributed by atoms with E-state index in [9.17, 15) is 0 Å². The highest BCUT2D eigenvalue weighted by Gasteiger charge is 2.27. The number of ether oxygens (including phenoxy) is 1. The van der Waals surface area contributed by atoms with Gasteiger partial charge < -0.3 is 14.2 Å². The fraction of sp³-hybridized carbons (Fsp3) is 0.579. The molecule has 27 heavy (non-hydrogen) atoms. The summed E-state index contributed by atoms with van der Waals surface area (Å²) in [5.74, 6) is 3.24. The van der Waals surface area contributed by atoms with E-state index in [-0.39, 0.29) is 0 Å². The number of aromatic nitrogens is 4. The summed E-state index contributed by atoms with van der Waals surface area (Å²) in [6, 6.07) is 5.80. The second-order valence-electron chi connectivity index (χ2n) is 7.22. The molecule has 0 aliphatic carbocycles. The Morgan fingerprint density at radius 2 is 2.11 bits per heavy atom. The summed E-state index contributed by atoms with van der Waals surface area (Å²) in [4.78, 5) is 9.08. The van der Waals surface area contributed by atoms with Crippen molar-refractivity contribution in [2.45, 2.75) is 25.3 Å². The number of nitriles is 1. The molecule has 2 aliphatic rings. The molecule has 0 aromatic carbocycles. The first-order valence-corrected chi connectivity index (χ1v) is 9.54. The molecule has 2 aliphatic heterocycles. The van der Waals surface area contributed by atoms with Crippen LogP contribution in [0.2, 0.25) is 0 Å². The summed E-state index contributed by atoms with van der Waals surface area (Å²) < 4.78 is 7.58. The molecule has 4 heterocycles. The van der Waals surface area contributed by atoms with Crippen LogP contribution in [-0.2, 0) is 18.3 Å². The van der Waals surface area contributed by atoms with Gasteiger partial charge in [0.2, 0.25) is 0 Å². The molecule has 0 amide bonds. The van der Waals surface area contributed by atoms with Crippen LogP contribution in [-0.4, -0.2) is 64.0 Å². The van der Waals surface area contributed by atoms with E-state index < -0.39 is 0 Å². The molecule has 4 rings (SSSR count). The zero-order valence-corrected chi connectivity index (χ0v) is 15.7. The Hall–Kier alpha value is -2.50. The fourth-order valence-electron chi connectivity index (χ4n) is 3.88. The Bertz CT molecular complexity index is 822. The number of pyridine rings is 1. The number of rotatable bonds is 4. The molecule has 8 heteroatoms. The number of hydrogen-bond donors (Lipinski definition) is 0. The number of anilines is 1. The molecule has 142 valence electrons. The first kappa shape index (κ1) is 17.9. The van der Waals surface area contributed by atoms with Crippen molar-refractivity contribution in [3.63, 3.8) is 0 Å². The van der Waals surface area contributed by atoms with Crippen LogP contribution in [0.4, 0.5) is 5.82 Å². The van der Waals surface area contributed by atoms with E-state index in [2.05, 4.69) is 42.7 Å². The maximum Gasteiger partial charge on any atom is 0.146 e. The normalized spacial score (nSPS) is 21.2. The largest absolute Gasteiger partial charge is 0.379 e. The van der Waals surface area contributed by atoms with Gasteiger partial charge in [0.15, 0.2) is 0 Å². The van der Waals surface area contributed by atoms with Crippen LogP contribution in [0.25, 0.3) is 0 Å². The van der Waals surface area contributed by atoms with Crippen LogP contribution >= 0.6 is 0 Å². The minimum atomic E-state index is 0.322. The molecule has 0 unspecified atom stereocenters. The Morgan fingerprint density at radius 1 is 1.26 bits per heavy atom. The van der Waals surface area contributed by atoms with Crippen molar-refractivity contribution >= 4 is 5.82 Å². The molecule has 0 saturated carbocycles. The van der Waals surface area contributed by atoms with Crippen LogP contribution < -0.4 is 4.90 Å². The summed E-state index contributed by atoms with van der Waals surface area (Å²) in [6.45, 7) is 6.09. The molecular weight excluding hydrogens is 342 g/mol. The second kappa shape index (κ2) is 8.03. The third-order valence-electron chi connectivity index (χ3n) is 5.45. The van der Waals surface area contributed by atoms with E-state index in [0.717, 1.165) is 76.2 Å². The third-order valence-corrected chi connectivity index (χ3v) is 5.45. The van der Waals surface area contributed by atoms with Gasteiger partial charge in [-0.2, -0.15) is 5.26 Å².